The molecule has 1 aromatic carbocycles. The third-order valence-corrected chi connectivity index (χ3v) is 2.52. The van der Waals surface area contributed by atoms with Crippen molar-refractivity contribution in [2.24, 2.45) is 0 Å². The van der Waals surface area contributed by atoms with Gasteiger partial charge < -0.3 is 14.6 Å². The summed E-state index contributed by atoms with van der Waals surface area (Å²) in [6.45, 7) is 3.72. The van der Waals surface area contributed by atoms with E-state index in [2.05, 4.69) is 9.72 Å². The second-order valence-electron chi connectivity index (χ2n) is 4.38. The van der Waals surface area contributed by atoms with Crippen LogP contribution >= 0.6 is 0 Å². The lowest BCUT2D eigenvalue weighted by atomic mass is 10.1. The van der Waals surface area contributed by atoms with Crippen LogP contribution in [0.3, 0.4) is 0 Å². The van der Waals surface area contributed by atoms with E-state index in [1.54, 1.807) is 24.3 Å². The average molecular weight is 261 g/mol. The molecular formula is C14H15NO4. The number of carbonyl (C=O) groups excluding carboxylic acids is 1. The van der Waals surface area contributed by atoms with Crippen LogP contribution in [0.2, 0.25) is 0 Å². The van der Waals surface area contributed by atoms with Gasteiger partial charge in [-0.25, -0.2) is 9.78 Å². The molecule has 0 saturated heterocycles. The van der Waals surface area contributed by atoms with Gasteiger partial charge in [0.15, 0.2) is 5.69 Å². The Morgan fingerprint density at radius 2 is 2.05 bits per heavy atom. The minimum absolute atomic E-state index is 0.0917. The van der Waals surface area contributed by atoms with Crippen LogP contribution in [0.25, 0.3) is 10.8 Å². The molecule has 0 aliphatic heterocycles. The maximum Gasteiger partial charge on any atom is 0.356 e. The molecule has 0 amide bonds. The predicted octanol–water partition coefficient (Wildman–Crippen LogP) is 2.51. The number of phenols is 1. The van der Waals surface area contributed by atoms with Crippen molar-refractivity contribution < 1.29 is 19.4 Å². The van der Waals surface area contributed by atoms with Crippen molar-refractivity contribution in [3.63, 3.8) is 0 Å². The van der Waals surface area contributed by atoms with Crippen LogP contribution in [0.5, 0.6) is 11.6 Å². The first kappa shape index (κ1) is 13.1. The number of carbonyl (C=O) groups is 1. The highest BCUT2D eigenvalue weighted by Gasteiger charge is 2.14. The predicted molar refractivity (Wildman–Crippen MR) is 70.5 cm³/mol. The van der Waals surface area contributed by atoms with Gasteiger partial charge >= 0.3 is 5.97 Å². The molecule has 0 spiro atoms. The highest BCUT2D eigenvalue weighted by atomic mass is 16.5. The molecule has 0 aliphatic rings. The van der Waals surface area contributed by atoms with E-state index in [9.17, 15) is 9.90 Å². The highest BCUT2D eigenvalue weighted by Crippen LogP contribution is 2.28. The van der Waals surface area contributed by atoms with E-state index in [4.69, 9.17) is 4.74 Å². The van der Waals surface area contributed by atoms with Gasteiger partial charge in [-0.2, -0.15) is 0 Å². The average Bonchev–Trinajstić information content (AvgIpc) is 2.37. The van der Waals surface area contributed by atoms with Crippen LogP contribution in [0.4, 0.5) is 0 Å². The number of ether oxygens (including phenoxy) is 2. The Kier molecular flexibility index (Phi) is 3.55. The van der Waals surface area contributed by atoms with Crippen LogP contribution in [-0.2, 0) is 4.74 Å². The topological polar surface area (TPSA) is 68.7 Å². The Balaban J connectivity index is 2.65. The molecule has 0 radical (unpaired) electrons. The lowest BCUT2D eigenvalue weighted by molar-refractivity contribution is 0.0592. The molecule has 2 aromatic rings. The number of hydrogen-bond donors (Lipinski definition) is 1. The van der Waals surface area contributed by atoms with Gasteiger partial charge in [0.25, 0.3) is 0 Å². The van der Waals surface area contributed by atoms with Crippen LogP contribution < -0.4 is 4.74 Å². The van der Waals surface area contributed by atoms with Crippen LogP contribution in [0.15, 0.2) is 24.3 Å². The van der Waals surface area contributed by atoms with Gasteiger partial charge in [0.05, 0.1) is 13.2 Å². The van der Waals surface area contributed by atoms with Crippen molar-refractivity contribution >= 4 is 16.7 Å². The van der Waals surface area contributed by atoms with E-state index < -0.39 is 5.97 Å². The molecule has 2 rings (SSSR count). The normalized spacial score (nSPS) is 10.7. The van der Waals surface area contributed by atoms with E-state index in [1.807, 2.05) is 13.8 Å². The molecule has 19 heavy (non-hydrogen) atoms. The fourth-order valence-corrected chi connectivity index (χ4v) is 1.73. The molecule has 100 valence electrons. The number of rotatable bonds is 3. The van der Waals surface area contributed by atoms with Crippen molar-refractivity contribution in [2.45, 2.75) is 20.0 Å². The highest BCUT2D eigenvalue weighted by molar-refractivity contribution is 5.95. The number of aromatic nitrogens is 1. The molecule has 1 heterocycles. The third kappa shape index (κ3) is 2.76. The van der Waals surface area contributed by atoms with E-state index in [0.29, 0.717) is 11.3 Å². The molecule has 0 unspecified atom stereocenters. The first-order valence-electron chi connectivity index (χ1n) is 5.90. The zero-order valence-corrected chi connectivity index (χ0v) is 11.0. The summed E-state index contributed by atoms with van der Waals surface area (Å²) >= 11 is 0. The second kappa shape index (κ2) is 5.14. The zero-order valence-electron chi connectivity index (χ0n) is 11.0. The maximum atomic E-state index is 11.6. The Bertz CT molecular complexity index is 622. The molecule has 1 N–H and O–H groups in total. The zero-order chi connectivity index (χ0) is 14.0. The van der Waals surface area contributed by atoms with Crippen molar-refractivity contribution in [1.29, 1.82) is 0 Å². The Morgan fingerprint density at radius 1 is 1.32 bits per heavy atom. The van der Waals surface area contributed by atoms with E-state index >= 15 is 0 Å². The summed E-state index contributed by atoms with van der Waals surface area (Å²) in [6.07, 6.45) is -0.0917. The quantitative estimate of drug-likeness (QED) is 0.860. The summed E-state index contributed by atoms with van der Waals surface area (Å²) in [5.74, 6) is -0.0962. The number of phenolic OH excluding ortho intramolecular Hbond substituents is 1. The lowest BCUT2D eigenvalue weighted by Gasteiger charge is -2.12. The SMILES string of the molecule is COC(=O)c1cc2ccc(O)cc2c(OC(C)C)n1. The fraction of sp³-hybridized carbons (Fsp3) is 0.286. The van der Waals surface area contributed by atoms with Gasteiger partial charge in [-0.1, -0.05) is 6.07 Å². The number of methoxy groups -OCH3 is 1. The molecule has 0 aliphatic carbocycles. The van der Waals surface area contributed by atoms with Crippen LogP contribution in [0.1, 0.15) is 24.3 Å². The minimum atomic E-state index is -0.524. The number of esters is 1. The van der Waals surface area contributed by atoms with Crippen molar-refractivity contribution in [3.05, 3.63) is 30.0 Å². The largest absolute Gasteiger partial charge is 0.508 e. The smallest absolute Gasteiger partial charge is 0.356 e. The Hall–Kier alpha value is -2.30. The van der Waals surface area contributed by atoms with Gasteiger partial charge in [-0.3, -0.25) is 0 Å². The fourth-order valence-electron chi connectivity index (χ4n) is 1.73. The number of aromatic hydroxyl groups is 1. The van der Waals surface area contributed by atoms with Crippen molar-refractivity contribution in [1.82, 2.24) is 4.98 Å². The number of nitrogens with zero attached hydrogens (tertiary/aromatic N) is 1. The monoisotopic (exact) mass is 261 g/mol. The molecule has 0 atom stereocenters. The van der Waals surface area contributed by atoms with E-state index in [1.165, 1.54) is 7.11 Å². The van der Waals surface area contributed by atoms with Gasteiger partial charge in [0.2, 0.25) is 5.88 Å². The van der Waals surface area contributed by atoms with Crippen LogP contribution in [-0.4, -0.2) is 29.3 Å². The first-order chi connectivity index (χ1) is 9.01. The van der Waals surface area contributed by atoms with Gasteiger partial charge in [-0.05, 0) is 37.4 Å². The second-order valence-corrected chi connectivity index (χ2v) is 4.38. The molecule has 0 saturated carbocycles. The van der Waals surface area contributed by atoms with E-state index in [0.717, 1.165) is 5.39 Å². The maximum absolute atomic E-state index is 11.6. The number of hydrogen-bond acceptors (Lipinski definition) is 5. The van der Waals surface area contributed by atoms with Crippen LogP contribution in [0, 0.1) is 0 Å². The van der Waals surface area contributed by atoms with Crippen molar-refractivity contribution in [3.8, 4) is 11.6 Å². The Morgan fingerprint density at radius 3 is 2.68 bits per heavy atom. The number of benzene rings is 1. The standard InChI is InChI=1S/C14H15NO4/c1-8(2)19-13-11-7-10(16)5-4-9(11)6-12(15-13)14(17)18-3/h4-8,16H,1-3H3. The number of fused-ring (bicyclic) bond motifs is 1. The molecule has 1 aromatic heterocycles. The van der Waals surface area contributed by atoms with Gasteiger partial charge in [0.1, 0.15) is 5.75 Å². The minimum Gasteiger partial charge on any atom is -0.508 e. The lowest BCUT2D eigenvalue weighted by Crippen LogP contribution is -2.10. The van der Waals surface area contributed by atoms with E-state index in [-0.39, 0.29) is 17.5 Å². The first-order valence-corrected chi connectivity index (χ1v) is 5.90. The van der Waals surface area contributed by atoms with Crippen molar-refractivity contribution in [2.75, 3.05) is 7.11 Å². The molecular weight excluding hydrogens is 246 g/mol. The summed E-state index contributed by atoms with van der Waals surface area (Å²) in [7, 11) is 1.30. The molecule has 5 nitrogen and oxygen atoms in total. The summed E-state index contributed by atoms with van der Waals surface area (Å²) in [6, 6.07) is 6.41. The third-order valence-electron chi connectivity index (χ3n) is 2.52. The van der Waals surface area contributed by atoms with Gasteiger partial charge in [0, 0.05) is 5.39 Å². The molecule has 0 fully saturated rings. The summed E-state index contributed by atoms with van der Waals surface area (Å²) < 4.78 is 10.3. The summed E-state index contributed by atoms with van der Waals surface area (Å²) in [4.78, 5) is 15.7. The molecule has 5 heteroatoms. The molecule has 0 bridgehead atoms. The summed E-state index contributed by atoms with van der Waals surface area (Å²) in [5.41, 5.74) is 0.177. The number of pyridine rings is 1. The Labute approximate surface area is 110 Å². The summed E-state index contributed by atoms with van der Waals surface area (Å²) in [5, 5.41) is 10.9. The van der Waals surface area contributed by atoms with Gasteiger partial charge in [-0.15, -0.1) is 0 Å².